The van der Waals surface area contributed by atoms with Gasteiger partial charge in [0.1, 0.15) is 12.9 Å². The van der Waals surface area contributed by atoms with Crippen molar-refractivity contribution in [2.24, 2.45) is 5.16 Å². The van der Waals surface area contributed by atoms with E-state index >= 15 is 0 Å². The molecule has 200 valence electrons. The SMILES string of the molecule is CO/N=C\c1ccnc(-c2ccc3ncc(-c4cc(C)cc(F)c4)c(N4CC[C@H]5OCCN[C@@H]5C4)c3c2)c1N. The Morgan fingerprint density at radius 1 is 1.18 bits per heavy atom. The zero-order valence-electron chi connectivity index (χ0n) is 22.0. The maximum atomic E-state index is 14.6. The molecule has 9 heteroatoms. The molecule has 39 heavy (non-hydrogen) atoms. The molecule has 2 aliphatic heterocycles. The molecule has 2 aromatic heterocycles. The van der Waals surface area contributed by atoms with Crippen molar-refractivity contribution >= 4 is 28.5 Å². The molecular weight excluding hydrogens is 495 g/mol. The number of oxime groups is 1. The Morgan fingerprint density at radius 2 is 2.08 bits per heavy atom. The number of piperidine rings is 1. The summed E-state index contributed by atoms with van der Waals surface area (Å²) in [7, 11) is 1.49. The second kappa shape index (κ2) is 10.6. The number of pyridine rings is 2. The van der Waals surface area contributed by atoms with Gasteiger partial charge in [0.15, 0.2) is 0 Å². The summed E-state index contributed by atoms with van der Waals surface area (Å²) >= 11 is 0. The van der Waals surface area contributed by atoms with Crippen molar-refractivity contribution in [1.82, 2.24) is 15.3 Å². The van der Waals surface area contributed by atoms with Gasteiger partial charge in [0.25, 0.3) is 0 Å². The fourth-order valence-corrected chi connectivity index (χ4v) is 5.69. The van der Waals surface area contributed by atoms with Crippen LogP contribution in [0.15, 0.2) is 60.0 Å². The predicted octanol–water partition coefficient (Wildman–Crippen LogP) is 4.54. The Morgan fingerprint density at radius 3 is 2.92 bits per heavy atom. The van der Waals surface area contributed by atoms with Crippen molar-refractivity contribution in [1.29, 1.82) is 0 Å². The Hall–Kier alpha value is -4.08. The average molecular weight is 527 g/mol. The highest BCUT2D eigenvalue weighted by Crippen LogP contribution is 2.40. The Bertz CT molecular complexity index is 1540. The predicted molar refractivity (Wildman–Crippen MR) is 152 cm³/mol. The zero-order valence-corrected chi connectivity index (χ0v) is 22.0. The molecule has 2 atom stereocenters. The van der Waals surface area contributed by atoms with Crippen LogP contribution in [0.3, 0.4) is 0 Å². The molecule has 2 saturated heterocycles. The molecule has 2 aromatic carbocycles. The Kier molecular flexibility index (Phi) is 6.85. The number of rotatable bonds is 5. The normalized spacial score (nSPS) is 19.4. The van der Waals surface area contributed by atoms with Gasteiger partial charge < -0.3 is 25.5 Å². The van der Waals surface area contributed by atoms with Gasteiger partial charge in [0.2, 0.25) is 0 Å². The molecule has 0 radical (unpaired) electrons. The monoisotopic (exact) mass is 526 g/mol. The molecular formula is C30H31FN6O2. The molecule has 4 aromatic rings. The third-order valence-corrected chi connectivity index (χ3v) is 7.49. The van der Waals surface area contributed by atoms with E-state index in [1.807, 2.05) is 31.3 Å². The van der Waals surface area contributed by atoms with Crippen molar-refractivity contribution in [3.8, 4) is 22.4 Å². The third kappa shape index (κ3) is 4.91. The van der Waals surface area contributed by atoms with Crippen LogP contribution in [0, 0.1) is 12.7 Å². The number of nitrogen functional groups attached to an aromatic ring is 1. The molecule has 2 fully saturated rings. The van der Waals surface area contributed by atoms with E-state index in [4.69, 9.17) is 20.3 Å². The van der Waals surface area contributed by atoms with Crippen LogP contribution in [-0.2, 0) is 9.57 Å². The van der Waals surface area contributed by atoms with E-state index in [1.54, 1.807) is 30.6 Å². The minimum Gasteiger partial charge on any atom is -0.399 e. The molecule has 0 bridgehead atoms. The lowest BCUT2D eigenvalue weighted by molar-refractivity contribution is -0.0134. The fourth-order valence-electron chi connectivity index (χ4n) is 5.69. The van der Waals surface area contributed by atoms with E-state index in [0.29, 0.717) is 11.4 Å². The quantitative estimate of drug-likeness (QED) is 0.291. The summed E-state index contributed by atoms with van der Waals surface area (Å²) in [5, 5.41) is 8.44. The first-order valence-corrected chi connectivity index (χ1v) is 13.1. The summed E-state index contributed by atoms with van der Waals surface area (Å²) < 4.78 is 20.6. The van der Waals surface area contributed by atoms with Crippen molar-refractivity contribution in [3.05, 3.63) is 71.8 Å². The van der Waals surface area contributed by atoms with Crippen LogP contribution in [0.5, 0.6) is 0 Å². The van der Waals surface area contributed by atoms with Crippen LogP contribution in [0.25, 0.3) is 33.3 Å². The number of fused-ring (bicyclic) bond motifs is 2. The minimum absolute atomic E-state index is 0.194. The Balaban J connectivity index is 1.53. The van der Waals surface area contributed by atoms with E-state index in [0.717, 1.165) is 77.1 Å². The number of anilines is 2. The number of benzene rings is 2. The number of nitrogens with one attached hydrogen (secondary N) is 1. The van der Waals surface area contributed by atoms with Gasteiger partial charge in [-0.05, 0) is 54.8 Å². The summed E-state index contributed by atoms with van der Waals surface area (Å²) in [6.07, 6.45) is 6.23. The van der Waals surface area contributed by atoms with E-state index in [1.165, 1.54) is 7.11 Å². The number of ether oxygens (including phenoxy) is 1. The zero-order chi connectivity index (χ0) is 26.9. The van der Waals surface area contributed by atoms with E-state index in [2.05, 4.69) is 26.4 Å². The molecule has 0 saturated carbocycles. The van der Waals surface area contributed by atoms with E-state index in [-0.39, 0.29) is 18.0 Å². The second-order valence-corrected chi connectivity index (χ2v) is 10.1. The number of aryl methyl sites for hydroxylation is 1. The summed E-state index contributed by atoms with van der Waals surface area (Å²) in [5.41, 5.74) is 13.7. The number of halogens is 1. The lowest BCUT2D eigenvalue weighted by Crippen LogP contribution is -2.58. The molecule has 6 rings (SSSR count). The summed E-state index contributed by atoms with van der Waals surface area (Å²) in [6.45, 7) is 5.07. The van der Waals surface area contributed by atoms with Crippen LogP contribution >= 0.6 is 0 Å². The lowest BCUT2D eigenvalue weighted by Gasteiger charge is -2.43. The van der Waals surface area contributed by atoms with Gasteiger partial charge in [-0.3, -0.25) is 9.97 Å². The second-order valence-electron chi connectivity index (χ2n) is 10.1. The first kappa shape index (κ1) is 25.2. The van der Waals surface area contributed by atoms with Crippen LogP contribution in [0.1, 0.15) is 17.5 Å². The molecule has 0 aliphatic carbocycles. The molecule has 0 amide bonds. The smallest absolute Gasteiger partial charge is 0.124 e. The average Bonchev–Trinajstić information content (AvgIpc) is 2.95. The summed E-state index contributed by atoms with van der Waals surface area (Å²) in [6, 6.07) is 13.2. The van der Waals surface area contributed by atoms with Gasteiger partial charge >= 0.3 is 0 Å². The maximum absolute atomic E-state index is 14.6. The highest BCUT2D eigenvalue weighted by Gasteiger charge is 2.33. The fraction of sp³-hybridized carbons (Fsp3) is 0.300. The number of aromatic nitrogens is 2. The highest BCUT2D eigenvalue weighted by molar-refractivity contribution is 6.02. The molecule has 0 unspecified atom stereocenters. The van der Waals surface area contributed by atoms with Crippen molar-refractivity contribution in [3.63, 3.8) is 0 Å². The van der Waals surface area contributed by atoms with Crippen LogP contribution in [0.2, 0.25) is 0 Å². The van der Waals surface area contributed by atoms with Crippen LogP contribution in [-0.4, -0.2) is 61.7 Å². The van der Waals surface area contributed by atoms with Gasteiger partial charge in [0.05, 0.1) is 47.6 Å². The molecule has 3 N–H and O–H groups in total. The van der Waals surface area contributed by atoms with Gasteiger partial charge in [-0.25, -0.2) is 4.39 Å². The standard InChI is InChI=1S/C30H31FN6O2/c1-18-11-21(13-22(31)12-18)24-16-35-25-4-3-19(29-28(32)20(5-7-34-29)15-36-38-2)14-23(25)30(24)37-9-6-27-26(17-37)33-8-10-39-27/h3-5,7,11-16,26-27,33H,6,8-10,17,32H2,1-2H3/b36-15-/t26-,27-/m1/s1. The van der Waals surface area contributed by atoms with Crippen molar-refractivity contribution in [2.75, 3.05) is 44.0 Å². The summed E-state index contributed by atoms with van der Waals surface area (Å²) in [4.78, 5) is 16.6. The topological polar surface area (TPSA) is 97.9 Å². The Labute approximate surface area is 226 Å². The summed E-state index contributed by atoms with van der Waals surface area (Å²) in [5.74, 6) is -0.266. The van der Waals surface area contributed by atoms with Gasteiger partial charge in [-0.15, -0.1) is 0 Å². The van der Waals surface area contributed by atoms with E-state index in [9.17, 15) is 4.39 Å². The third-order valence-electron chi connectivity index (χ3n) is 7.49. The molecule has 2 aliphatic rings. The van der Waals surface area contributed by atoms with Gasteiger partial charge in [0, 0.05) is 54.1 Å². The van der Waals surface area contributed by atoms with E-state index < -0.39 is 0 Å². The largest absolute Gasteiger partial charge is 0.399 e. The molecule has 4 heterocycles. The van der Waals surface area contributed by atoms with Gasteiger partial charge in [-0.2, -0.15) is 0 Å². The number of hydrogen-bond donors (Lipinski definition) is 2. The highest BCUT2D eigenvalue weighted by atomic mass is 19.1. The van der Waals surface area contributed by atoms with Crippen LogP contribution in [0.4, 0.5) is 15.8 Å². The molecule has 8 nitrogen and oxygen atoms in total. The first-order chi connectivity index (χ1) is 19.0. The lowest BCUT2D eigenvalue weighted by atomic mass is 9.94. The minimum atomic E-state index is -0.266. The number of nitrogens with two attached hydrogens (primary N) is 1. The van der Waals surface area contributed by atoms with Crippen molar-refractivity contribution in [2.45, 2.75) is 25.5 Å². The molecule has 0 spiro atoms. The maximum Gasteiger partial charge on any atom is 0.124 e. The van der Waals surface area contributed by atoms with Crippen molar-refractivity contribution < 1.29 is 14.0 Å². The number of hydrogen-bond acceptors (Lipinski definition) is 8. The van der Waals surface area contributed by atoms with Crippen LogP contribution < -0.4 is 16.0 Å². The number of nitrogens with zero attached hydrogens (tertiary/aromatic N) is 4. The first-order valence-electron chi connectivity index (χ1n) is 13.1. The van der Waals surface area contributed by atoms with Gasteiger partial charge in [-0.1, -0.05) is 17.3 Å². The number of morpholine rings is 1.